The molecule has 8 heteroatoms. The molecule has 0 aliphatic carbocycles. The van der Waals surface area contributed by atoms with Gasteiger partial charge in [-0.15, -0.1) is 0 Å². The van der Waals surface area contributed by atoms with E-state index < -0.39 is 5.82 Å². The lowest BCUT2D eigenvalue weighted by Gasteiger charge is -2.23. The van der Waals surface area contributed by atoms with Crippen LogP contribution in [-0.2, 0) is 12.0 Å². The lowest BCUT2D eigenvalue weighted by atomic mass is 9.86. The summed E-state index contributed by atoms with van der Waals surface area (Å²) in [5, 5.41) is 14.4. The van der Waals surface area contributed by atoms with Gasteiger partial charge in [0.15, 0.2) is 5.65 Å². The van der Waals surface area contributed by atoms with Crippen LogP contribution in [0.5, 0.6) is 5.75 Å². The van der Waals surface area contributed by atoms with Crippen LogP contribution < -0.4 is 10.2 Å². The Hall–Kier alpha value is -2.38. The minimum absolute atomic E-state index is 0.0288. The van der Waals surface area contributed by atoms with Crippen molar-refractivity contribution in [3.05, 3.63) is 52.6 Å². The second-order valence-electron chi connectivity index (χ2n) is 7.17. The predicted molar refractivity (Wildman–Crippen MR) is 103 cm³/mol. The molecule has 3 aromatic rings. The Labute approximate surface area is 161 Å². The van der Waals surface area contributed by atoms with E-state index in [4.69, 9.17) is 21.4 Å². The van der Waals surface area contributed by atoms with Gasteiger partial charge in [-0.3, -0.25) is 0 Å². The Bertz CT molecular complexity index is 953. The van der Waals surface area contributed by atoms with Crippen molar-refractivity contribution in [3.63, 3.8) is 0 Å². The lowest BCUT2D eigenvalue weighted by Crippen LogP contribution is -2.20. The molecule has 0 bridgehead atoms. The average molecular weight is 393 g/mol. The van der Waals surface area contributed by atoms with Gasteiger partial charge >= 0.3 is 0 Å². The zero-order valence-corrected chi connectivity index (χ0v) is 16.2. The molecule has 0 spiro atoms. The molecule has 3 rings (SSSR count). The van der Waals surface area contributed by atoms with Crippen LogP contribution in [0.25, 0.3) is 11.0 Å². The zero-order valence-electron chi connectivity index (χ0n) is 15.5. The van der Waals surface area contributed by atoms with E-state index in [0.717, 1.165) is 10.9 Å². The summed E-state index contributed by atoms with van der Waals surface area (Å²) in [5.41, 5.74) is 4.80. The molecule has 0 aliphatic heterocycles. The molecule has 0 saturated heterocycles. The molecule has 0 fully saturated rings. The van der Waals surface area contributed by atoms with Gasteiger partial charge in [0.05, 0.1) is 18.2 Å². The second kappa shape index (κ2) is 7.70. The maximum Gasteiger partial charge on any atom is 0.180 e. The zero-order chi connectivity index (χ0) is 19.6. The first-order valence-electron chi connectivity index (χ1n) is 8.61. The van der Waals surface area contributed by atoms with Gasteiger partial charge in [0.2, 0.25) is 0 Å². The maximum absolute atomic E-state index is 14.0. The Morgan fingerprint density at radius 2 is 2.11 bits per heavy atom. The number of rotatable bonds is 6. The molecule has 144 valence electrons. The van der Waals surface area contributed by atoms with Crippen molar-refractivity contribution in [1.82, 2.24) is 14.9 Å². The third-order valence-electron chi connectivity index (χ3n) is 4.09. The van der Waals surface area contributed by atoms with Gasteiger partial charge in [-0.25, -0.2) is 9.37 Å². The van der Waals surface area contributed by atoms with Gasteiger partial charge in [0.1, 0.15) is 23.9 Å². The van der Waals surface area contributed by atoms with Gasteiger partial charge < -0.3 is 15.3 Å². The molecule has 0 unspecified atom stereocenters. The van der Waals surface area contributed by atoms with Crippen molar-refractivity contribution in [1.29, 1.82) is 0 Å². The summed E-state index contributed by atoms with van der Waals surface area (Å²) in [6.07, 6.45) is 1.66. The summed E-state index contributed by atoms with van der Waals surface area (Å²) in [6.45, 7) is 6.48. The average Bonchev–Trinajstić information content (AvgIpc) is 2.97. The fraction of sp³-hybridized carbons (Fsp3) is 0.368. The number of nitrogens with zero attached hydrogens (tertiary/aromatic N) is 3. The van der Waals surface area contributed by atoms with Crippen LogP contribution in [0.15, 0.2) is 30.5 Å². The smallest absolute Gasteiger partial charge is 0.180 e. The summed E-state index contributed by atoms with van der Waals surface area (Å²) < 4.78 is 19.9. The molecule has 1 aromatic carbocycles. The highest BCUT2D eigenvalue weighted by Crippen LogP contribution is 2.35. The maximum atomic E-state index is 14.0. The molecule has 2 aromatic heterocycles. The van der Waals surface area contributed by atoms with Crippen LogP contribution >= 0.6 is 11.6 Å². The molecular formula is C19H22ClFN4O2. The number of benzene rings is 1. The minimum atomic E-state index is -0.527. The number of aromatic nitrogens is 3. The van der Waals surface area contributed by atoms with E-state index in [-0.39, 0.29) is 23.7 Å². The molecule has 0 amide bonds. The van der Waals surface area contributed by atoms with Crippen molar-refractivity contribution < 1.29 is 14.2 Å². The van der Waals surface area contributed by atoms with Crippen LogP contribution in [0.4, 0.5) is 4.39 Å². The molecule has 0 radical (unpaired) electrons. The molecular weight excluding hydrogens is 371 g/mol. The van der Waals surface area contributed by atoms with E-state index in [0.29, 0.717) is 23.6 Å². The molecule has 0 atom stereocenters. The highest BCUT2D eigenvalue weighted by molar-refractivity contribution is 6.30. The summed E-state index contributed by atoms with van der Waals surface area (Å²) in [7, 11) is 0. The fourth-order valence-electron chi connectivity index (χ4n) is 2.77. The van der Waals surface area contributed by atoms with Crippen LogP contribution in [0.1, 0.15) is 32.0 Å². The Balaban J connectivity index is 1.93. The van der Waals surface area contributed by atoms with E-state index in [1.54, 1.807) is 12.3 Å². The van der Waals surface area contributed by atoms with Gasteiger partial charge in [0.25, 0.3) is 0 Å². The Morgan fingerprint density at radius 1 is 1.33 bits per heavy atom. The number of fused-ring (bicyclic) bond motifs is 1. The normalized spacial score (nSPS) is 11.8. The number of halogens is 2. The predicted octanol–water partition coefficient (Wildman–Crippen LogP) is 3.64. The Morgan fingerprint density at radius 3 is 2.81 bits per heavy atom. The first-order chi connectivity index (χ1) is 12.8. The highest BCUT2D eigenvalue weighted by Gasteiger charge is 2.22. The third-order valence-corrected chi connectivity index (χ3v) is 4.38. The van der Waals surface area contributed by atoms with Crippen molar-refractivity contribution in [2.75, 3.05) is 18.6 Å². The molecule has 6 nitrogen and oxygen atoms in total. The van der Waals surface area contributed by atoms with Crippen molar-refractivity contribution in [2.24, 2.45) is 0 Å². The SMILES string of the molecule is CC(C)(C)c1cc(Cl)c(F)cc1OCc1nn(NCCO)c2ncccc12. The molecule has 27 heavy (non-hydrogen) atoms. The summed E-state index contributed by atoms with van der Waals surface area (Å²) in [4.78, 5) is 5.83. The van der Waals surface area contributed by atoms with E-state index in [1.807, 2.05) is 32.9 Å². The molecule has 0 aliphatic rings. The largest absolute Gasteiger partial charge is 0.487 e. The van der Waals surface area contributed by atoms with Crippen LogP contribution in [0.2, 0.25) is 5.02 Å². The number of nitrogens with one attached hydrogen (secondary N) is 1. The molecule has 0 saturated carbocycles. The molecule has 2 heterocycles. The number of ether oxygens (including phenoxy) is 1. The van der Waals surface area contributed by atoms with Crippen molar-refractivity contribution >= 4 is 22.6 Å². The monoisotopic (exact) mass is 392 g/mol. The second-order valence-corrected chi connectivity index (χ2v) is 7.57. The fourth-order valence-corrected chi connectivity index (χ4v) is 2.93. The number of pyridine rings is 1. The quantitative estimate of drug-likeness (QED) is 0.670. The first kappa shape index (κ1) is 19.4. The van der Waals surface area contributed by atoms with Gasteiger partial charge in [-0.1, -0.05) is 32.4 Å². The van der Waals surface area contributed by atoms with Gasteiger partial charge in [-0.05, 0) is 23.6 Å². The van der Waals surface area contributed by atoms with E-state index >= 15 is 0 Å². The lowest BCUT2D eigenvalue weighted by molar-refractivity contribution is 0.290. The minimum Gasteiger partial charge on any atom is -0.487 e. The number of hydrogen-bond acceptors (Lipinski definition) is 5. The van der Waals surface area contributed by atoms with Gasteiger partial charge in [0, 0.05) is 23.2 Å². The van der Waals surface area contributed by atoms with Crippen LogP contribution in [0, 0.1) is 5.82 Å². The van der Waals surface area contributed by atoms with E-state index in [2.05, 4.69) is 15.5 Å². The van der Waals surface area contributed by atoms with Crippen LogP contribution in [0.3, 0.4) is 0 Å². The van der Waals surface area contributed by atoms with Gasteiger partial charge in [-0.2, -0.15) is 9.89 Å². The Kier molecular flexibility index (Phi) is 5.53. The van der Waals surface area contributed by atoms with E-state index in [1.165, 1.54) is 10.9 Å². The first-order valence-corrected chi connectivity index (χ1v) is 8.98. The van der Waals surface area contributed by atoms with Crippen LogP contribution in [-0.4, -0.2) is 33.1 Å². The highest BCUT2D eigenvalue weighted by atomic mass is 35.5. The van der Waals surface area contributed by atoms with E-state index in [9.17, 15) is 4.39 Å². The number of aliphatic hydroxyl groups is 1. The summed E-state index contributed by atoms with van der Waals surface area (Å²) in [5.74, 6) is -0.0966. The van der Waals surface area contributed by atoms with Crippen molar-refractivity contribution in [3.8, 4) is 5.75 Å². The summed E-state index contributed by atoms with van der Waals surface area (Å²) >= 11 is 5.96. The topological polar surface area (TPSA) is 72.2 Å². The molecule has 2 N–H and O–H groups in total. The third kappa shape index (κ3) is 4.14. The number of aliphatic hydroxyl groups excluding tert-OH is 1. The van der Waals surface area contributed by atoms with Crippen molar-refractivity contribution in [2.45, 2.75) is 32.8 Å². The number of hydrogen-bond donors (Lipinski definition) is 2. The summed E-state index contributed by atoms with van der Waals surface area (Å²) in [6, 6.07) is 6.61. The standard InChI is InChI=1S/C19H22ClFN4O2/c1-19(2,3)13-9-14(20)15(21)10-17(13)27-11-16-12-5-4-6-22-18(12)25(24-16)23-7-8-26/h4-6,9-10,23,26H,7-8,11H2,1-3H3.